The third-order valence-corrected chi connectivity index (χ3v) is 4.30. The van der Waals surface area contributed by atoms with Gasteiger partial charge in [0.05, 0.1) is 6.20 Å². The van der Waals surface area contributed by atoms with Crippen LogP contribution < -0.4 is 0 Å². The standard InChI is InChI=1S/C16H17N5O2/c1-10-7-14(20-23-10)16(22)21-6-2-3-12(9-21)13-5-4-11-8-17-19-15(11)18-13/h4-5,7-8,12H,2-3,6,9H2,1H3,(H,17,18,19). The van der Waals surface area contributed by atoms with Gasteiger partial charge in [-0.3, -0.25) is 9.89 Å². The number of rotatable bonds is 2. The molecule has 0 radical (unpaired) electrons. The number of aromatic amines is 1. The molecule has 1 aliphatic heterocycles. The van der Waals surface area contributed by atoms with Gasteiger partial charge in [-0.05, 0) is 31.9 Å². The van der Waals surface area contributed by atoms with Gasteiger partial charge in [-0.25, -0.2) is 4.98 Å². The monoisotopic (exact) mass is 311 g/mol. The highest BCUT2D eigenvalue weighted by molar-refractivity contribution is 5.92. The number of piperidine rings is 1. The summed E-state index contributed by atoms with van der Waals surface area (Å²) < 4.78 is 5.01. The van der Waals surface area contributed by atoms with E-state index in [0.717, 1.165) is 36.1 Å². The van der Waals surface area contributed by atoms with E-state index in [2.05, 4.69) is 20.3 Å². The topological polar surface area (TPSA) is 87.9 Å². The summed E-state index contributed by atoms with van der Waals surface area (Å²) >= 11 is 0. The molecule has 1 atom stereocenters. The number of fused-ring (bicyclic) bond motifs is 1. The van der Waals surface area contributed by atoms with Crippen molar-refractivity contribution in [3.63, 3.8) is 0 Å². The van der Waals surface area contributed by atoms with Gasteiger partial charge in [0, 0.05) is 36.2 Å². The van der Waals surface area contributed by atoms with Crippen LogP contribution in [0.5, 0.6) is 0 Å². The van der Waals surface area contributed by atoms with Crippen LogP contribution in [0, 0.1) is 6.92 Å². The highest BCUT2D eigenvalue weighted by Gasteiger charge is 2.28. The summed E-state index contributed by atoms with van der Waals surface area (Å²) in [6.07, 6.45) is 3.74. The number of amides is 1. The average molecular weight is 311 g/mol. The van der Waals surface area contributed by atoms with Crippen LogP contribution in [0.25, 0.3) is 11.0 Å². The molecule has 1 aliphatic rings. The molecule has 0 aromatic carbocycles. The fourth-order valence-corrected chi connectivity index (χ4v) is 3.10. The van der Waals surface area contributed by atoms with Gasteiger partial charge < -0.3 is 9.42 Å². The van der Waals surface area contributed by atoms with Gasteiger partial charge in [-0.2, -0.15) is 5.10 Å². The first-order valence-electron chi connectivity index (χ1n) is 7.73. The van der Waals surface area contributed by atoms with Crippen molar-refractivity contribution in [3.8, 4) is 0 Å². The number of carbonyl (C=O) groups excluding carboxylic acids is 1. The van der Waals surface area contributed by atoms with Gasteiger partial charge >= 0.3 is 0 Å². The summed E-state index contributed by atoms with van der Waals surface area (Å²) in [7, 11) is 0. The van der Waals surface area contributed by atoms with Crippen LogP contribution in [0.3, 0.4) is 0 Å². The Kier molecular flexibility index (Phi) is 3.33. The molecule has 4 rings (SSSR count). The minimum absolute atomic E-state index is 0.0748. The Balaban J connectivity index is 1.55. The van der Waals surface area contributed by atoms with Crippen LogP contribution >= 0.6 is 0 Å². The molecule has 4 heterocycles. The molecular formula is C16H17N5O2. The van der Waals surface area contributed by atoms with Crippen LogP contribution in [-0.4, -0.2) is 44.2 Å². The van der Waals surface area contributed by atoms with E-state index in [1.807, 2.05) is 17.0 Å². The van der Waals surface area contributed by atoms with Gasteiger partial charge in [0.25, 0.3) is 5.91 Å². The second-order valence-electron chi connectivity index (χ2n) is 5.96. The number of hydrogen-bond acceptors (Lipinski definition) is 5. The Morgan fingerprint density at radius 3 is 3.17 bits per heavy atom. The van der Waals surface area contributed by atoms with E-state index in [9.17, 15) is 4.79 Å². The molecular weight excluding hydrogens is 294 g/mol. The molecule has 7 nitrogen and oxygen atoms in total. The van der Waals surface area contributed by atoms with Crippen LogP contribution in [0.4, 0.5) is 0 Å². The molecule has 7 heteroatoms. The Bertz CT molecular complexity index is 853. The Labute approximate surface area is 132 Å². The van der Waals surface area contributed by atoms with Crippen LogP contribution in [0.1, 0.15) is 40.7 Å². The number of carbonyl (C=O) groups is 1. The molecule has 1 fully saturated rings. The lowest BCUT2D eigenvalue weighted by Gasteiger charge is -2.32. The SMILES string of the molecule is Cc1cc(C(=O)N2CCCC(c3ccc4cn[nH]c4n3)C2)no1. The molecule has 0 spiro atoms. The predicted octanol–water partition coefficient (Wildman–Crippen LogP) is 2.27. The third-order valence-electron chi connectivity index (χ3n) is 4.30. The van der Waals surface area contributed by atoms with Crippen molar-refractivity contribution >= 4 is 16.9 Å². The van der Waals surface area contributed by atoms with E-state index in [1.54, 1.807) is 19.2 Å². The molecule has 1 amide bonds. The maximum atomic E-state index is 12.5. The highest BCUT2D eigenvalue weighted by atomic mass is 16.5. The van der Waals surface area contributed by atoms with Crippen molar-refractivity contribution in [3.05, 3.63) is 41.5 Å². The normalized spacial score (nSPS) is 18.5. The maximum absolute atomic E-state index is 12.5. The summed E-state index contributed by atoms with van der Waals surface area (Å²) in [6, 6.07) is 5.72. The fourth-order valence-electron chi connectivity index (χ4n) is 3.10. The molecule has 0 aliphatic carbocycles. The lowest BCUT2D eigenvalue weighted by molar-refractivity contribution is 0.0695. The number of likely N-dealkylation sites (tertiary alicyclic amines) is 1. The second kappa shape index (κ2) is 5.49. The molecule has 1 saturated heterocycles. The first kappa shape index (κ1) is 13.9. The van der Waals surface area contributed by atoms with E-state index in [-0.39, 0.29) is 11.8 Å². The molecule has 0 bridgehead atoms. The maximum Gasteiger partial charge on any atom is 0.276 e. The van der Waals surface area contributed by atoms with E-state index >= 15 is 0 Å². The second-order valence-corrected chi connectivity index (χ2v) is 5.96. The van der Waals surface area contributed by atoms with Gasteiger partial charge in [0.1, 0.15) is 5.76 Å². The molecule has 23 heavy (non-hydrogen) atoms. The Morgan fingerprint density at radius 1 is 1.43 bits per heavy atom. The zero-order chi connectivity index (χ0) is 15.8. The number of pyridine rings is 1. The van der Waals surface area contributed by atoms with Crippen molar-refractivity contribution in [1.82, 2.24) is 25.2 Å². The highest BCUT2D eigenvalue weighted by Crippen LogP contribution is 2.27. The van der Waals surface area contributed by atoms with Crippen molar-refractivity contribution in [2.75, 3.05) is 13.1 Å². The van der Waals surface area contributed by atoms with Gasteiger partial charge in [0.2, 0.25) is 0 Å². The zero-order valence-corrected chi connectivity index (χ0v) is 12.8. The summed E-state index contributed by atoms with van der Waals surface area (Å²) in [5.41, 5.74) is 2.16. The van der Waals surface area contributed by atoms with Crippen molar-refractivity contribution in [2.24, 2.45) is 0 Å². The number of nitrogens with one attached hydrogen (secondary N) is 1. The Morgan fingerprint density at radius 2 is 2.35 bits per heavy atom. The molecule has 3 aromatic heterocycles. The van der Waals surface area contributed by atoms with Crippen LogP contribution in [0.2, 0.25) is 0 Å². The van der Waals surface area contributed by atoms with Crippen LogP contribution in [-0.2, 0) is 0 Å². The predicted molar refractivity (Wildman–Crippen MR) is 83.0 cm³/mol. The quantitative estimate of drug-likeness (QED) is 0.784. The Hall–Kier alpha value is -2.70. The van der Waals surface area contributed by atoms with Crippen molar-refractivity contribution in [2.45, 2.75) is 25.7 Å². The number of aryl methyl sites for hydroxylation is 1. The van der Waals surface area contributed by atoms with Crippen molar-refractivity contribution in [1.29, 1.82) is 0 Å². The number of nitrogens with zero attached hydrogens (tertiary/aromatic N) is 4. The third kappa shape index (κ3) is 2.58. The van der Waals surface area contributed by atoms with Crippen LogP contribution in [0.15, 0.2) is 28.9 Å². The smallest absolute Gasteiger partial charge is 0.276 e. The largest absolute Gasteiger partial charge is 0.361 e. The number of hydrogen-bond donors (Lipinski definition) is 1. The number of aromatic nitrogens is 4. The first-order chi connectivity index (χ1) is 11.2. The first-order valence-corrected chi connectivity index (χ1v) is 7.73. The van der Waals surface area contributed by atoms with E-state index < -0.39 is 0 Å². The fraction of sp³-hybridized carbons (Fsp3) is 0.375. The van der Waals surface area contributed by atoms with E-state index in [0.29, 0.717) is 18.0 Å². The summed E-state index contributed by atoms with van der Waals surface area (Å²) in [5, 5.41) is 11.7. The molecule has 118 valence electrons. The van der Waals surface area contributed by atoms with Gasteiger partial charge in [0.15, 0.2) is 11.3 Å². The molecule has 1 N–H and O–H groups in total. The van der Waals surface area contributed by atoms with Gasteiger partial charge in [-0.1, -0.05) is 5.16 Å². The van der Waals surface area contributed by atoms with Crippen molar-refractivity contribution < 1.29 is 9.32 Å². The average Bonchev–Trinajstić information content (AvgIpc) is 3.22. The zero-order valence-electron chi connectivity index (χ0n) is 12.8. The summed E-state index contributed by atoms with van der Waals surface area (Å²) in [5.74, 6) is 0.802. The molecule has 3 aromatic rings. The molecule has 0 saturated carbocycles. The lowest BCUT2D eigenvalue weighted by Crippen LogP contribution is -2.39. The minimum Gasteiger partial charge on any atom is -0.361 e. The van der Waals surface area contributed by atoms with Gasteiger partial charge in [-0.15, -0.1) is 0 Å². The summed E-state index contributed by atoms with van der Waals surface area (Å²) in [6.45, 7) is 3.18. The lowest BCUT2D eigenvalue weighted by atomic mass is 9.94. The van der Waals surface area contributed by atoms with E-state index in [1.165, 1.54) is 0 Å². The summed E-state index contributed by atoms with van der Waals surface area (Å²) in [4.78, 5) is 19.0. The molecule has 1 unspecified atom stereocenters. The number of H-pyrrole nitrogens is 1. The van der Waals surface area contributed by atoms with E-state index in [4.69, 9.17) is 4.52 Å². The minimum atomic E-state index is -0.0748.